The van der Waals surface area contributed by atoms with Crippen molar-refractivity contribution in [2.75, 3.05) is 5.32 Å². The number of carbonyl (C=O) groups excluding carboxylic acids is 1. The van der Waals surface area contributed by atoms with Gasteiger partial charge in [0.25, 0.3) is 0 Å². The molecule has 1 atom stereocenters. The van der Waals surface area contributed by atoms with Gasteiger partial charge >= 0.3 is 0 Å². The van der Waals surface area contributed by atoms with Crippen molar-refractivity contribution in [3.8, 4) is 0 Å². The van der Waals surface area contributed by atoms with Gasteiger partial charge in [0, 0.05) is 5.69 Å². The maximum absolute atomic E-state index is 11.9. The largest absolute Gasteiger partial charge is 0.325 e. The van der Waals surface area contributed by atoms with Crippen molar-refractivity contribution in [3.05, 3.63) is 23.8 Å². The molecule has 7 heteroatoms. The van der Waals surface area contributed by atoms with Gasteiger partial charge in [0.2, 0.25) is 15.9 Å². The summed E-state index contributed by atoms with van der Waals surface area (Å²) in [4.78, 5) is 11.9. The van der Waals surface area contributed by atoms with E-state index >= 15 is 0 Å². The van der Waals surface area contributed by atoms with Crippen LogP contribution < -0.4 is 16.2 Å². The highest BCUT2D eigenvalue weighted by molar-refractivity contribution is 7.89. The minimum atomic E-state index is -3.82. The first-order chi connectivity index (χ1) is 9.16. The summed E-state index contributed by atoms with van der Waals surface area (Å²) in [5, 5.41) is 7.78. The van der Waals surface area contributed by atoms with Crippen molar-refractivity contribution in [1.29, 1.82) is 0 Å². The molecule has 1 rings (SSSR count). The number of carbonyl (C=O) groups is 1. The Morgan fingerprint density at radius 2 is 1.95 bits per heavy atom. The van der Waals surface area contributed by atoms with E-state index in [4.69, 9.17) is 10.9 Å². The van der Waals surface area contributed by atoms with Crippen molar-refractivity contribution in [2.45, 2.75) is 38.1 Å². The third kappa shape index (κ3) is 4.03. The van der Waals surface area contributed by atoms with Gasteiger partial charge in [-0.2, -0.15) is 0 Å². The molecule has 0 saturated carbocycles. The van der Waals surface area contributed by atoms with Gasteiger partial charge < -0.3 is 11.1 Å². The van der Waals surface area contributed by atoms with E-state index in [1.165, 1.54) is 6.07 Å². The number of hydrogen-bond acceptors (Lipinski definition) is 4. The molecule has 6 nitrogen and oxygen atoms in total. The molecule has 1 amide bonds. The van der Waals surface area contributed by atoms with Crippen LogP contribution in [0.15, 0.2) is 23.1 Å². The average molecular weight is 299 g/mol. The van der Waals surface area contributed by atoms with Crippen molar-refractivity contribution in [3.63, 3.8) is 0 Å². The Bertz CT molecular complexity index is 597. The van der Waals surface area contributed by atoms with Gasteiger partial charge in [0.15, 0.2) is 0 Å². The summed E-state index contributed by atoms with van der Waals surface area (Å²) in [5.41, 5.74) is 6.71. The van der Waals surface area contributed by atoms with Gasteiger partial charge in [0.1, 0.15) is 0 Å². The van der Waals surface area contributed by atoms with E-state index in [2.05, 4.69) is 5.32 Å². The molecule has 0 aliphatic heterocycles. The zero-order chi connectivity index (χ0) is 15.5. The molecule has 0 fully saturated rings. The number of primary sulfonamides is 1. The first kappa shape index (κ1) is 16.6. The van der Waals surface area contributed by atoms with Gasteiger partial charge in [-0.25, -0.2) is 13.6 Å². The molecule has 0 aromatic heterocycles. The van der Waals surface area contributed by atoms with E-state index in [0.717, 1.165) is 0 Å². The monoisotopic (exact) mass is 299 g/mol. The highest BCUT2D eigenvalue weighted by Gasteiger charge is 2.19. The van der Waals surface area contributed by atoms with Crippen LogP contribution in [0.1, 0.15) is 26.3 Å². The van der Waals surface area contributed by atoms with Crippen LogP contribution in [0.2, 0.25) is 0 Å². The highest BCUT2D eigenvalue weighted by atomic mass is 32.2. The second kappa shape index (κ2) is 6.34. The number of benzene rings is 1. The Balaban J connectivity index is 3.08. The summed E-state index contributed by atoms with van der Waals surface area (Å²) < 4.78 is 23.1. The molecule has 0 spiro atoms. The molecule has 0 aliphatic rings. The first-order valence-corrected chi connectivity index (χ1v) is 7.93. The van der Waals surface area contributed by atoms with Crippen LogP contribution in [0, 0.1) is 5.92 Å². The Hall–Kier alpha value is -1.44. The van der Waals surface area contributed by atoms with E-state index < -0.39 is 16.1 Å². The second-order valence-corrected chi connectivity index (χ2v) is 6.51. The van der Waals surface area contributed by atoms with Crippen LogP contribution in [0.4, 0.5) is 5.69 Å². The maximum Gasteiger partial charge on any atom is 0.241 e. The maximum atomic E-state index is 11.9. The Labute approximate surface area is 119 Å². The van der Waals surface area contributed by atoms with Gasteiger partial charge in [0.05, 0.1) is 10.9 Å². The highest BCUT2D eigenvalue weighted by Crippen LogP contribution is 2.20. The van der Waals surface area contributed by atoms with Crippen molar-refractivity contribution in [2.24, 2.45) is 16.8 Å². The number of rotatable bonds is 5. The molecule has 0 aliphatic carbocycles. The molecule has 1 aromatic carbocycles. The summed E-state index contributed by atoms with van der Waals surface area (Å²) in [6.07, 6.45) is 0.533. The average Bonchev–Trinajstić information content (AvgIpc) is 2.36. The van der Waals surface area contributed by atoms with Crippen LogP contribution in [0.3, 0.4) is 0 Å². The number of anilines is 1. The van der Waals surface area contributed by atoms with E-state index in [1.807, 2.05) is 20.8 Å². The van der Waals surface area contributed by atoms with Crippen LogP contribution >= 0.6 is 0 Å². The molecular weight excluding hydrogens is 278 g/mol. The van der Waals surface area contributed by atoms with Gasteiger partial charge in [-0.1, -0.05) is 26.8 Å². The fraction of sp³-hybridized carbons (Fsp3) is 0.462. The number of hydrogen-bond donors (Lipinski definition) is 3. The number of nitrogens with one attached hydrogen (secondary N) is 1. The lowest BCUT2D eigenvalue weighted by atomic mass is 10.0. The van der Waals surface area contributed by atoms with Crippen LogP contribution in [0.5, 0.6) is 0 Å². The van der Waals surface area contributed by atoms with E-state index in [1.54, 1.807) is 12.1 Å². The molecule has 0 bridgehead atoms. The summed E-state index contributed by atoms with van der Waals surface area (Å²) in [5.74, 6) is -0.368. The van der Waals surface area contributed by atoms with Crippen molar-refractivity contribution < 1.29 is 13.2 Å². The zero-order valence-corrected chi connectivity index (χ0v) is 12.7. The molecule has 0 heterocycles. The number of nitrogens with two attached hydrogens (primary N) is 2. The third-order valence-corrected chi connectivity index (χ3v) is 4.04. The Morgan fingerprint density at radius 1 is 1.35 bits per heavy atom. The number of aryl methyl sites for hydroxylation is 1. The Morgan fingerprint density at radius 3 is 2.40 bits per heavy atom. The van der Waals surface area contributed by atoms with Crippen LogP contribution in [-0.4, -0.2) is 20.4 Å². The van der Waals surface area contributed by atoms with Gasteiger partial charge in [-0.05, 0) is 30.0 Å². The minimum Gasteiger partial charge on any atom is -0.325 e. The quantitative estimate of drug-likeness (QED) is 0.746. The third-order valence-electron chi connectivity index (χ3n) is 3.04. The van der Waals surface area contributed by atoms with E-state index in [0.29, 0.717) is 17.7 Å². The predicted octanol–water partition coefficient (Wildman–Crippen LogP) is 0.818. The molecule has 0 unspecified atom stereocenters. The lowest BCUT2D eigenvalue weighted by Crippen LogP contribution is -2.39. The zero-order valence-electron chi connectivity index (χ0n) is 11.9. The standard InChI is InChI=1S/C13H21N3O3S/c1-4-9-5-6-10(7-11(9)20(15,18)19)16-13(17)12(14)8(2)3/h5-8,12H,4,14H2,1-3H3,(H,16,17)(H2,15,18,19)/t12-/m0/s1. The predicted molar refractivity (Wildman–Crippen MR) is 78.6 cm³/mol. The topological polar surface area (TPSA) is 115 Å². The summed E-state index contributed by atoms with van der Waals surface area (Å²) in [6, 6.07) is 3.98. The van der Waals surface area contributed by atoms with Crippen molar-refractivity contribution >= 4 is 21.6 Å². The fourth-order valence-corrected chi connectivity index (χ4v) is 2.59. The van der Waals surface area contributed by atoms with Crippen LogP contribution in [-0.2, 0) is 21.2 Å². The van der Waals surface area contributed by atoms with Crippen LogP contribution in [0.25, 0.3) is 0 Å². The van der Waals surface area contributed by atoms with E-state index in [9.17, 15) is 13.2 Å². The van der Waals surface area contributed by atoms with Crippen molar-refractivity contribution in [1.82, 2.24) is 0 Å². The molecule has 1 aromatic rings. The molecular formula is C13H21N3O3S. The number of amides is 1. The first-order valence-electron chi connectivity index (χ1n) is 6.39. The summed E-state index contributed by atoms with van der Waals surface area (Å²) in [7, 11) is -3.82. The smallest absolute Gasteiger partial charge is 0.241 e. The van der Waals surface area contributed by atoms with E-state index in [-0.39, 0.29) is 16.7 Å². The lowest BCUT2D eigenvalue weighted by molar-refractivity contribution is -0.118. The second-order valence-electron chi connectivity index (χ2n) is 4.98. The Kier molecular flexibility index (Phi) is 5.27. The molecule has 112 valence electrons. The lowest BCUT2D eigenvalue weighted by Gasteiger charge is -2.16. The summed E-state index contributed by atoms with van der Waals surface area (Å²) in [6.45, 7) is 5.50. The minimum absolute atomic E-state index is 0.0115. The van der Waals surface area contributed by atoms with Gasteiger partial charge in [-0.15, -0.1) is 0 Å². The molecule has 0 radical (unpaired) electrons. The molecule has 0 saturated heterocycles. The molecule has 20 heavy (non-hydrogen) atoms. The SMILES string of the molecule is CCc1ccc(NC(=O)[C@@H](N)C(C)C)cc1S(N)(=O)=O. The summed E-state index contributed by atoms with van der Waals surface area (Å²) >= 11 is 0. The normalized spacial score (nSPS) is 13.3. The number of sulfonamides is 1. The fourth-order valence-electron chi connectivity index (χ4n) is 1.72. The van der Waals surface area contributed by atoms with Gasteiger partial charge in [-0.3, -0.25) is 4.79 Å². The molecule has 5 N–H and O–H groups in total.